The van der Waals surface area contributed by atoms with Crippen LogP contribution in [0.25, 0.3) is 0 Å². The number of rotatable bonds is 15. The fourth-order valence-corrected chi connectivity index (χ4v) is 3.51. The molecule has 0 amide bonds. The number of nitrogen functional groups attached to an aromatic ring is 1. The predicted molar refractivity (Wildman–Crippen MR) is 117 cm³/mol. The van der Waals surface area contributed by atoms with E-state index >= 15 is 0 Å². The minimum Gasteiger partial charge on any atom is -0.478 e. The number of nitrogens with zero attached hydrogens (tertiary/aromatic N) is 1. The molecule has 0 unspecified atom stereocenters. The van der Waals surface area contributed by atoms with Gasteiger partial charge in [0.2, 0.25) is 0 Å². The Balaban J connectivity index is 2.18. The third-order valence-electron chi connectivity index (χ3n) is 5.37. The van der Waals surface area contributed by atoms with Crippen LogP contribution in [0.4, 0.5) is 11.4 Å². The van der Waals surface area contributed by atoms with Gasteiger partial charge in [0, 0.05) is 19.3 Å². The maximum Gasteiger partial charge on any atom is 0.337 e. The Hall–Kier alpha value is -1.71. The van der Waals surface area contributed by atoms with Crippen molar-refractivity contribution < 1.29 is 9.90 Å². The lowest BCUT2D eigenvalue weighted by molar-refractivity contribution is 0.0697. The number of anilines is 2. The van der Waals surface area contributed by atoms with Gasteiger partial charge in [0.1, 0.15) is 0 Å². The van der Waals surface area contributed by atoms with E-state index in [1.165, 1.54) is 70.6 Å². The lowest BCUT2D eigenvalue weighted by Crippen LogP contribution is -2.21. The first kappa shape index (κ1) is 23.3. The van der Waals surface area contributed by atoms with Crippen LogP contribution in [-0.4, -0.2) is 24.7 Å². The van der Waals surface area contributed by atoms with E-state index in [-0.39, 0.29) is 0 Å². The first-order valence-electron chi connectivity index (χ1n) is 10.8. The second-order valence-corrected chi connectivity index (χ2v) is 7.84. The molecule has 0 spiro atoms. The third-order valence-corrected chi connectivity index (χ3v) is 5.37. The zero-order valence-electron chi connectivity index (χ0n) is 17.7. The number of hydrogen-bond acceptors (Lipinski definition) is 3. The summed E-state index contributed by atoms with van der Waals surface area (Å²) in [4.78, 5) is 13.5. The van der Waals surface area contributed by atoms with Gasteiger partial charge in [0.05, 0.1) is 11.3 Å². The Morgan fingerprint density at radius 1 is 0.926 bits per heavy atom. The molecule has 0 aliphatic carbocycles. The molecule has 1 rings (SSSR count). The zero-order valence-corrected chi connectivity index (χ0v) is 17.7. The molecule has 27 heavy (non-hydrogen) atoms. The number of nitrogens with two attached hydrogens (primary N) is 1. The Bertz CT molecular complexity index is 558. The number of unbranched alkanes of at least 4 members (excludes halogenated alkanes) is 11. The number of hydrogen-bond donors (Lipinski definition) is 2. The minimum atomic E-state index is -0.918. The maximum absolute atomic E-state index is 11.5. The molecule has 0 aromatic heterocycles. The largest absolute Gasteiger partial charge is 0.478 e. The zero-order chi connectivity index (χ0) is 20.1. The van der Waals surface area contributed by atoms with Crippen LogP contribution in [0.3, 0.4) is 0 Å². The Morgan fingerprint density at radius 3 is 1.89 bits per heavy atom. The SMILES string of the molecule is CCCCCCCCCCCCCCN(C)c1cc(C)c(N)cc1C(=O)O. The van der Waals surface area contributed by atoms with Crippen molar-refractivity contribution >= 4 is 17.3 Å². The number of carboxylic acid groups (broad SMARTS) is 1. The highest BCUT2D eigenvalue weighted by Crippen LogP contribution is 2.26. The van der Waals surface area contributed by atoms with E-state index in [9.17, 15) is 9.90 Å². The molecule has 0 heterocycles. The smallest absolute Gasteiger partial charge is 0.337 e. The monoisotopic (exact) mass is 376 g/mol. The average molecular weight is 377 g/mol. The molecular formula is C23H40N2O2. The molecule has 0 saturated heterocycles. The summed E-state index contributed by atoms with van der Waals surface area (Å²) >= 11 is 0. The van der Waals surface area contributed by atoms with Crippen molar-refractivity contribution in [2.45, 2.75) is 90.9 Å². The Kier molecular flexibility index (Phi) is 11.6. The number of carboxylic acids is 1. The van der Waals surface area contributed by atoms with Gasteiger partial charge in [-0.1, -0.05) is 77.6 Å². The van der Waals surface area contributed by atoms with Crippen LogP contribution < -0.4 is 10.6 Å². The molecule has 0 fully saturated rings. The normalized spacial score (nSPS) is 10.9. The van der Waals surface area contributed by atoms with Gasteiger partial charge in [-0.2, -0.15) is 0 Å². The van der Waals surface area contributed by atoms with E-state index < -0.39 is 5.97 Å². The number of carbonyl (C=O) groups is 1. The molecule has 0 aliphatic heterocycles. The molecule has 0 saturated carbocycles. The molecular weight excluding hydrogens is 336 g/mol. The van der Waals surface area contributed by atoms with Gasteiger partial charge in [-0.15, -0.1) is 0 Å². The molecule has 3 N–H and O–H groups in total. The molecule has 0 radical (unpaired) electrons. The molecule has 4 nitrogen and oxygen atoms in total. The van der Waals surface area contributed by atoms with Gasteiger partial charge >= 0.3 is 5.97 Å². The fraction of sp³-hybridized carbons (Fsp3) is 0.696. The van der Waals surface area contributed by atoms with Crippen molar-refractivity contribution in [1.29, 1.82) is 0 Å². The second-order valence-electron chi connectivity index (χ2n) is 7.84. The Labute approximate surface area is 166 Å². The standard InChI is InChI=1S/C23H40N2O2/c1-4-5-6-7-8-9-10-11-12-13-14-15-16-25(3)22-17-19(2)21(24)18-20(22)23(26)27/h17-18H,4-16,24H2,1-3H3,(H,26,27). The van der Waals surface area contributed by atoms with Crippen LogP contribution in [0.2, 0.25) is 0 Å². The van der Waals surface area contributed by atoms with E-state index in [1.54, 1.807) is 6.07 Å². The summed E-state index contributed by atoms with van der Waals surface area (Å²) in [6.45, 7) is 5.06. The van der Waals surface area contributed by atoms with E-state index in [1.807, 2.05) is 24.9 Å². The van der Waals surface area contributed by atoms with Gasteiger partial charge in [-0.25, -0.2) is 4.79 Å². The van der Waals surface area contributed by atoms with E-state index in [2.05, 4.69) is 6.92 Å². The van der Waals surface area contributed by atoms with Crippen molar-refractivity contribution in [3.63, 3.8) is 0 Å². The summed E-state index contributed by atoms with van der Waals surface area (Å²) in [5, 5.41) is 9.42. The van der Waals surface area contributed by atoms with Crippen LogP contribution in [0, 0.1) is 6.92 Å². The van der Waals surface area contributed by atoms with Crippen LogP contribution in [0.5, 0.6) is 0 Å². The summed E-state index contributed by atoms with van der Waals surface area (Å²) in [5.74, 6) is -0.918. The first-order valence-corrected chi connectivity index (χ1v) is 10.8. The van der Waals surface area contributed by atoms with Crippen molar-refractivity contribution in [3.05, 3.63) is 23.3 Å². The van der Waals surface area contributed by atoms with Gasteiger partial charge in [-0.3, -0.25) is 0 Å². The van der Waals surface area contributed by atoms with Crippen molar-refractivity contribution in [2.75, 3.05) is 24.2 Å². The highest BCUT2D eigenvalue weighted by Gasteiger charge is 2.15. The van der Waals surface area contributed by atoms with Crippen LogP contribution >= 0.6 is 0 Å². The van der Waals surface area contributed by atoms with Gasteiger partial charge in [-0.05, 0) is 31.0 Å². The van der Waals surface area contributed by atoms with E-state index in [0.717, 1.165) is 24.2 Å². The third kappa shape index (κ3) is 9.16. The van der Waals surface area contributed by atoms with Crippen molar-refractivity contribution in [2.24, 2.45) is 0 Å². The average Bonchev–Trinajstić information content (AvgIpc) is 2.64. The quantitative estimate of drug-likeness (QED) is 0.274. The molecule has 1 aromatic carbocycles. The number of benzene rings is 1. The molecule has 154 valence electrons. The highest BCUT2D eigenvalue weighted by molar-refractivity contribution is 5.96. The maximum atomic E-state index is 11.5. The molecule has 0 atom stereocenters. The second kappa shape index (κ2) is 13.5. The summed E-state index contributed by atoms with van der Waals surface area (Å²) in [6, 6.07) is 3.46. The number of aryl methyl sites for hydroxylation is 1. The van der Waals surface area contributed by atoms with Gasteiger partial charge in [0.15, 0.2) is 0 Å². The first-order chi connectivity index (χ1) is 13.0. The summed E-state index contributed by atoms with van der Waals surface area (Å²) < 4.78 is 0. The van der Waals surface area contributed by atoms with Gasteiger partial charge in [0.25, 0.3) is 0 Å². The van der Waals surface area contributed by atoms with Crippen molar-refractivity contribution in [3.8, 4) is 0 Å². The molecule has 1 aromatic rings. The molecule has 0 bridgehead atoms. The summed E-state index contributed by atoms with van der Waals surface area (Å²) in [5.41, 5.74) is 8.38. The minimum absolute atomic E-state index is 0.291. The van der Waals surface area contributed by atoms with E-state index in [0.29, 0.717) is 11.3 Å². The lowest BCUT2D eigenvalue weighted by atomic mass is 10.0. The van der Waals surface area contributed by atoms with Crippen LogP contribution in [0.15, 0.2) is 12.1 Å². The fourth-order valence-electron chi connectivity index (χ4n) is 3.51. The summed E-state index contributed by atoms with van der Waals surface area (Å²) in [6.07, 6.45) is 15.9. The topological polar surface area (TPSA) is 66.6 Å². The number of aromatic carboxylic acids is 1. The lowest BCUT2D eigenvalue weighted by Gasteiger charge is -2.22. The van der Waals surface area contributed by atoms with Crippen LogP contribution in [-0.2, 0) is 0 Å². The summed E-state index contributed by atoms with van der Waals surface area (Å²) in [7, 11) is 1.97. The molecule has 4 heteroatoms. The van der Waals surface area contributed by atoms with Crippen LogP contribution in [0.1, 0.15) is 99.9 Å². The highest BCUT2D eigenvalue weighted by atomic mass is 16.4. The molecule has 0 aliphatic rings. The van der Waals surface area contributed by atoms with Gasteiger partial charge < -0.3 is 15.7 Å². The van der Waals surface area contributed by atoms with E-state index in [4.69, 9.17) is 5.73 Å². The van der Waals surface area contributed by atoms with Crippen molar-refractivity contribution in [1.82, 2.24) is 0 Å². The predicted octanol–water partition coefficient (Wildman–Crippen LogP) is 6.41. The Morgan fingerprint density at radius 2 is 1.41 bits per heavy atom.